The van der Waals surface area contributed by atoms with E-state index in [-0.39, 0.29) is 17.3 Å². The van der Waals surface area contributed by atoms with Gasteiger partial charge in [-0.3, -0.25) is 4.79 Å². The average Bonchev–Trinajstić information content (AvgIpc) is 2.67. The Morgan fingerprint density at radius 2 is 1.93 bits per heavy atom. The van der Waals surface area contributed by atoms with Crippen molar-refractivity contribution in [2.75, 3.05) is 23.3 Å². The van der Waals surface area contributed by atoms with Crippen LogP contribution in [0.2, 0.25) is 0 Å². The number of benzene rings is 1. The van der Waals surface area contributed by atoms with E-state index in [1.54, 1.807) is 31.3 Å². The highest BCUT2D eigenvalue weighted by molar-refractivity contribution is 7.89. The van der Waals surface area contributed by atoms with Crippen molar-refractivity contribution in [1.82, 2.24) is 14.7 Å². The molecular formula is C19H25N5O3S. The Balaban J connectivity index is 1.70. The number of carbonyl (C=O) groups excluding carboxylic acids is 1. The molecule has 2 N–H and O–H groups in total. The molecule has 1 aromatic carbocycles. The second kappa shape index (κ2) is 8.66. The molecule has 1 amide bonds. The summed E-state index contributed by atoms with van der Waals surface area (Å²) in [4.78, 5) is 22.3. The van der Waals surface area contributed by atoms with Crippen molar-refractivity contribution in [3.8, 4) is 0 Å². The molecule has 1 saturated heterocycles. The smallest absolute Gasteiger partial charge is 0.241 e. The molecule has 0 aliphatic carbocycles. The molecule has 1 aliphatic rings. The number of nitrogens with zero attached hydrogens (tertiary/aromatic N) is 3. The van der Waals surface area contributed by atoms with E-state index < -0.39 is 10.0 Å². The van der Waals surface area contributed by atoms with E-state index in [4.69, 9.17) is 0 Å². The number of aryl methyl sites for hydroxylation is 1. The van der Waals surface area contributed by atoms with Gasteiger partial charge in [-0.15, -0.1) is 0 Å². The number of rotatable bonds is 6. The zero-order valence-electron chi connectivity index (χ0n) is 16.1. The summed E-state index contributed by atoms with van der Waals surface area (Å²) in [7, 11) is -3.71. The lowest BCUT2D eigenvalue weighted by Gasteiger charge is -2.26. The Bertz CT molecular complexity index is 956. The topological polar surface area (TPSA) is 104 Å². The lowest BCUT2D eigenvalue weighted by molar-refractivity contribution is -0.114. The molecule has 3 rings (SSSR count). The highest BCUT2D eigenvalue weighted by atomic mass is 32.2. The molecule has 1 aromatic heterocycles. The van der Waals surface area contributed by atoms with Gasteiger partial charge in [0, 0.05) is 31.9 Å². The first-order valence-corrected chi connectivity index (χ1v) is 10.8. The van der Waals surface area contributed by atoms with Crippen molar-refractivity contribution < 1.29 is 13.2 Å². The molecule has 8 nitrogen and oxygen atoms in total. The van der Waals surface area contributed by atoms with Gasteiger partial charge < -0.3 is 10.2 Å². The first-order valence-electron chi connectivity index (χ1n) is 9.30. The number of hydrogen-bond acceptors (Lipinski definition) is 6. The highest BCUT2D eigenvalue weighted by Crippen LogP contribution is 2.20. The third-order valence-electron chi connectivity index (χ3n) is 4.57. The highest BCUT2D eigenvalue weighted by Gasteiger charge is 2.18. The summed E-state index contributed by atoms with van der Waals surface area (Å²) in [6.07, 6.45) is 5.12. The summed E-state index contributed by atoms with van der Waals surface area (Å²) in [5, 5.41) is 2.64. The third kappa shape index (κ3) is 5.05. The number of amides is 1. The Morgan fingerprint density at radius 3 is 2.61 bits per heavy atom. The maximum absolute atomic E-state index is 12.7. The van der Waals surface area contributed by atoms with Gasteiger partial charge in [0.15, 0.2) is 0 Å². The minimum Gasteiger partial charge on any atom is -0.341 e. The molecule has 1 aliphatic heterocycles. The lowest BCUT2D eigenvalue weighted by atomic mass is 10.1. The molecule has 0 radical (unpaired) electrons. The van der Waals surface area contributed by atoms with Crippen LogP contribution in [-0.2, 0) is 21.4 Å². The molecule has 0 bridgehead atoms. The fraction of sp³-hybridized carbons (Fsp3) is 0.421. The summed E-state index contributed by atoms with van der Waals surface area (Å²) >= 11 is 0. The van der Waals surface area contributed by atoms with Crippen molar-refractivity contribution in [2.45, 2.75) is 44.6 Å². The van der Waals surface area contributed by atoms with E-state index in [1.165, 1.54) is 19.4 Å². The second-order valence-electron chi connectivity index (χ2n) is 6.88. The van der Waals surface area contributed by atoms with Gasteiger partial charge in [0.2, 0.25) is 21.9 Å². The molecule has 9 heteroatoms. The monoisotopic (exact) mass is 403 g/mol. The molecule has 2 heterocycles. The van der Waals surface area contributed by atoms with Gasteiger partial charge in [0.05, 0.1) is 17.1 Å². The molecule has 0 unspecified atom stereocenters. The van der Waals surface area contributed by atoms with E-state index >= 15 is 0 Å². The molecule has 1 fully saturated rings. The Kier molecular flexibility index (Phi) is 6.25. The summed E-state index contributed by atoms with van der Waals surface area (Å²) in [6.45, 7) is 5.03. The van der Waals surface area contributed by atoms with Crippen LogP contribution < -0.4 is 14.9 Å². The van der Waals surface area contributed by atoms with E-state index in [0.717, 1.165) is 25.9 Å². The van der Waals surface area contributed by atoms with Gasteiger partial charge in [0.1, 0.15) is 0 Å². The molecular weight excluding hydrogens is 378 g/mol. The third-order valence-corrected chi connectivity index (χ3v) is 6.13. The van der Waals surface area contributed by atoms with Crippen molar-refractivity contribution in [2.24, 2.45) is 0 Å². The predicted octanol–water partition coefficient (Wildman–Crippen LogP) is 2.21. The number of hydrogen-bond donors (Lipinski definition) is 2. The van der Waals surface area contributed by atoms with Crippen LogP contribution in [0.25, 0.3) is 0 Å². The zero-order valence-corrected chi connectivity index (χ0v) is 16.9. The largest absolute Gasteiger partial charge is 0.341 e. The van der Waals surface area contributed by atoms with Crippen LogP contribution >= 0.6 is 0 Å². The second-order valence-corrected chi connectivity index (χ2v) is 8.62. The fourth-order valence-corrected chi connectivity index (χ4v) is 4.43. The first-order chi connectivity index (χ1) is 13.3. The van der Waals surface area contributed by atoms with Crippen LogP contribution in [0.4, 0.5) is 11.6 Å². The molecule has 0 atom stereocenters. The van der Waals surface area contributed by atoms with Gasteiger partial charge in [-0.1, -0.05) is 0 Å². The Labute approximate surface area is 165 Å². The van der Waals surface area contributed by atoms with Gasteiger partial charge in [0.25, 0.3) is 0 Å². The number of carbonyl (C=O) groups is 1. The van der Waals surface area contributed by atoms with E-state index in [1.807, 2.05) is 0 Å². The van der Waals surface area contributed by atoms with Gasteiger partial charge in [-0.2, -0.15) is 0 Å². The van der Waals surface area contributed by atoms with Crippen LogP contribution in [0.3, 0.4) is 0 Å². The van der Waals surface area contributed by atoms with E-state index in [2.05, 4.69) is 24.9 Å². The van der Waals surface area contributed by atoms with Crippen LogP contribution in [-0.4, -0.2) is 37.4 Å². The number of aromatic nitrogens is 2. The normalized spacial score (nSPS) is 14.7. The molecule has 2 aromatic rings. The fourth-order valence-electron chi connectivity index (χ4n) is 3.21. The summed E-state index contributed by atoms with van der Waals surface area (Å²) in [6, 6.07) is 6.40. The van der Waals surface area contributed by atoms with Gasteiger partial charge >= 0.3 is 0 Å². The maximum Gasteiger partial charge on any atom is 0.241 e. The number of anilines is 2. The quantitative estimate of drug-likeness (QED) is 0.766. The van der Waals surface area contributed by atoms with Crippen LogP contribution in [0.1, 0.15) is 37.4 Å². The van der Waals surface area contributed by atoms with Crippen LogP contribution in [0.5, 0.6) is 0 Å². The summed E-state index contributed by atoms with van der Waals surface area (Å²) in [5.74, 6) is 0.439. The van der Waals surface area contributed by atoms with Gasteiger partial charge in [-0.25, -0.2) is 23.1 Å². The SMILES string of the molecule is CC(=O)Nc1ccc(S(=O)(=O)NCc2ccnc(N3CCCCC3)n2)c(C)c1. The van der Waals surface area contributed by atoms with Gasteiger partial charge in [-0.05, 0) is 56.0 Å². The number of sulfonamides is 1. The maximum atomic E-state index is 12.7. The first kappa shape index (κ1) is 20.2. The minimum atomic E-state index is -3.71. The summed E-state index contributed by atoms with van der Waals surface area (Å²) in [5.41, 5.74) is 1.73. The minimum absolute atomic E-state index is 0.0819. The molecule has 0 saturated carbocycles. The van der Waals surface area contributed by atoms with Crippen LogP contribution in [0, 0.1) is 6.92 Å². The van der Waals surface area contributed by atoms with Crippen molar-refractivity contribution in [1.29, 1.82) is 0 Å². The van der Waals surface area contributed by atoms with Crippen LogP contribution in [0.15, 0.2) is 35.4 Å². The Hall–Kier alpha value is -2.52. The average molecular weight is 404 g/mol. The molecule has 0 spiro atoms. The van der Waals surface area contributed by atoms with Crippen molar-refractivity contribution in [3.05, 3.63) is 41.7 Å². The standard InChI is InChI=1S/C19H25N5O3S/c1-14-12-16(22-15(2)25)6-7-18(14)28(26,27)21-13-17-8-9-20-19(23-17)24-10-4-3-5-11-24/h6-9,12,21H,3-5,10-11,13H2,1-2H3,(H,22,25). The van der Waals surface area contributed by atoms with E-state index in [9.17, 15) is 13.2 Å². The van der Waals surface area contributed by atoms with Crippen molar-refractivity contribution in [3.63, 3.8) is 0 Å². The Morgan fingerprint density at radius 1 is 1.18 bits per heavy atom. The van der Waals surface area contributed by atoms with Crippen molar-refractivity contribution >= 4 is 27.6 Å². The molecule has 28 heavy (non-hydrogen) atoms. The van der Waals surface area contributed by atoms with E-state index in [0.29, 0.717) is 22.9 Å². The predicted molar refractivity (Wildman–Crippen MR) is 108 cm³/mol. The lowest BCUT2D eigenvalue weighted by Crippen LogP contribution is -2.31. The molecule has 150 valence electrons. The number of piperidine rings is 1. The summed E-state index contributed by atoms with van der Waals surface area (Å²) < 4.78 is 28.0. The zero-order chi connectivity index (χ0) is 20.1. The number of nitrogens with one attached hydrogen (secondary N) is 2.